The molecule has 0 radical (unpaired) electrons. The van der Waals surface area contributed by atoms with E-state index in [0.717, 1.165) is 6.54 Å². The van der Waals surface area contributed by atoms with E-state index in [0.29, 0.717) is 30.9 Å². The lowest BCUT2D eigenvalue weighted by atomic mass is 10.1. The van der Waals surface area contributed by atoms with Crippen molar-refractivity contribution < 1.29 is 23.9 Å². The summed E-state index contributed by atoms with van der Waals surface area (Å²) in [6.45, 7) is 2.15. The van der Waals surface area contributed by atoms with Gasteiger partial charge in [0, 0.05) is 36.8 Å². The summed E-state index contributed by atoms with van der Waals surface area (Å²) >= 11 is 0. The van der Waals surface area contributed by atoms with Gasteiger partial charge in [-0.3, -0.25) is 14.4 Å². The van der Waals surface area contributed by atoms with Crippen LogP contribution < -0.4 is 16.0 Å². The second kappa shape index (κ2) is 9.75. The lowest BCUT2D eigenvalue weighted by molar-refractivity contribution is -0.140. The van der Waals surface area contributed by atoms with Gasteiger partial charge >= 0.3 is 5.97 Å². The van der Waals surface area contributed by atoms with E-state index in [1.807, 2.05) is 0 Å². The highest BCUT2D eigenvalue weighted by atomic mass is 16.5. The number of benzene rings is 1. The Morgan fingerprint density at radius 3 is 2.68 bits per heavy atom. The first kappa shape index (κ1) is 18.9. The Bertz CT molecular complexity index is 597. The number of hydrogen-bond acceptors (Lipinski definition) is 6. The number of morpholine rings is 1. The van der Waals surface area contributed by atoms with Gasteiger partial charge in [0.05, 0.1) is 26.7 Å². The van der Waals surface area contributed by atoms with Crippen molar-refractivity contribution in [3.05, 3.63) is 29.8 Å². The zero-order chi connectivity index (χ0) is 18.1. The van der Waals surface area contributed by atoms with Gasteiger partial charge in [-0.05, 0) is 24.3 Å². The van der Waals surface area contributed by atoms with Crippen molar-refractivity contribution in [3.8, 4) is 0 Å². The van der Waals surface area contributed by atoms with E-state index in [4.69, 9.17) is 4.74 Å². The fourth-order valence-electron chi connectivity index (χ4n) is 2.37. The molecule has 3 N–H and O–H groups in total. The highest BCUT2D eigenvalue weighted by Gasteiger charge is 2.17. The van der Waals surface area contributed by atoms with Crippen molar-refractivity contribution in [2.75, 3.05) is 38.7 Å². The molecule has 1 aliphatic heterocycles. The number of carbonyl (C=O) groups excluding carboxylic acids is 3. The number of amides is 2. The SMILES string of the molecule is COC(=O)CCNC(=O)c1ccc(NC(=O)CC2COCCN2)cc1. The maximum atomic E-state index is 12.0. The number of hydrogen-bond donors (Lipinski definition) is 3. The molecule has 136 valence electrons. The summed E-state index contributed by atoms with van der Waals surface area (Å²) in [6, 6.07) is 6.58. The Morgan fingerprint density at radius 2 is 2.04 bits per heavy atom. The monoisotopic (exact) mass is 349 g/mol. The molecule has 1 atom stereocenters. The molecule has 0 aliphatic carbocycles. The summed E-state index contributed by atoms with van der Waals surface area (Å²) in [7, 11) is 1.30. The lowest BCUT2D eigenvalue weighted by Gasteiger charge is -2.23. The minimum Gasteiger partial charge on any atom is -0.469 e. The molecule has 1 aromatic carbocycles. The zero-order valence-electron chi connectivity index (χ0n) is 14.2. The Labute approximate surface area is 146 Å². The van der Waals surface area contributed by atoms with E-state index in [-0.39, 0.29) is 36.8 Å². The van der Waals surface area contributed by atoms with Crippen LogP contribution in [0.25, 0.3) is 0 Å². The standard InChI is InChI=1S/C17H23N3O5/c1-24-16(22)6-7-19-17(23)12-2-4-13(5-3-12)20-15(21)10-14-11-25-9-8-18-14/h2-5,14,18H,6-11H2,1H3,(H,19,23)(H,20,21). The van der Waals surface area contributed by atoms with Gasteiger partial charge in [0.2, 0.25) is 5.91 Å². The highest BCUT2D eigenvalue weighted by molar-refractivity contribution is 5.96. The summed E-state index contributed by atoms with van der Waals surface area (Å²) < 4.78 is 9.82. The first-order chi connectivity index (χ1) is 12.1. The Hall–Kier alpha value is -2.45. The van der Waals surface area contributed by atoms with Gasteiger partial charge < -0.3 is 25.4 Å². The van der Waals surface area contributed by atoms with Gasteiger partial charge in [0.25, 0.3) is 5.91 Å². The van der Waals surface area contributed by atoms with Crippen LogP contribution in [0.15, 0.2) is 24.3 Å². The van der Waals surface area contributed by atoms with Crippen LogP contribution in [-0.2, 0) is 19.1 Å². The topological polar surface area (TPSA) is 106 Å². The predicted octanol–water partition coefficient (Wildman–Crippen LogP) is 0.297. The molecule has 1 fully saturated rings. The molecule has 1 saturated heterocycles. The third-order valence-corrected chi connectivity index (χ3v) is 3.70. The number of nitrogens with one attached hydrogen (secondary N) is 3. The third kappa shape index (κ3) is 6.52. The number of ether oxygens (including phenoxy) is 2. The van der Waals surface area contributed by atoms with Gasteiger partial charge in [-0.2, -0.15) is 0 Å². The van der Waals surface area contributed by atoms with Crippen LogP contribution in [0.1, 0.15) is 23.2 Å². The van der Waals surface area contributed by atoms with E-state index in [1.165, 1.54) is 7.11 Å². The summed E-state index contributed by atoms with van der Waals surface area (Å²) in [5, 5.41) is 8.64. The largest absolute Gasteiger partial charge is 0.469 e. The fourth-order valence-corrected chi connectivity index (χ4v) is 2.37. The van der Waals surface area contributed by atoms with E-state index >= 15 is 0 Å². The Kier molecular flexibility index (Phi) is 7.36. The number of carbonyl (C=O) groups is 3. The first-order valence-electron chi connectivity index (χ1n) is 8.14. The molecule has 8 heteroatoms. The van der Waals surface area contributed by atoms with Crippen LogP contribution in [0.3, 0.4) is 0 Å². The van der Waals surface area contributed by atoms with Gasteiger partial charge in [0.15, 0.2) is 0 Å². The zero-order valence-corrected chi connectivity index (χ0v) is 14.2. The summed E-state index contributed by atoms with van der Waals surface area (Å²) in [5.41, 5.74) is 1.07. The van der Waals surface area contributed by atoms with Crippen LogP contribution in [0.5, 0.6) is 0 Å². The van der Waals surface area contributed by atoms with Gasteiger partial charge in [-0.15, -0.1) is 0 Å². The average Bonchev–Trinajstić information content (AvgIpc) is 2.62. The quantitative estimate of drug-likeness (QED) is 0.611. The number of esters is 1. The summed E-state index contributed by atoms with van der Waals surface area (Å²) in [5.74, 6) is -0.778. The van der Waals surface area contributed by atoms with Crippen LogP contribution in [0, 0.1) is 0 Å². The highest BCUT2D eigenvalue weighted by Crippen LogP contribution is 2.11. The Balaban J connectivity index is 1.77. The Morgan fingerprint density at radius 1 is 1.28 bits per heavy atom. The van der Waals surface area contributed by atoms with Gasteiger partial charge in [-0.1, -0.05) is 0 Å². The molecule has 2 amide bonds. The van der Waals surface area contributed by atoms with E-state index in [1.54, 1.807) is 24.3 Å². The molecular formula is C17H23N3O5. The van der Waals surface area contributed by atoms with Crippen molar-refractivity contribution in [3.63, 3.8) is 0 Å². The van der Waals surface area contributed by atoms with Crippen molar-refractivity contribution in [2.24, 2.45) is 0 Å². The summed E-state index contributed by atoms with van der Waals surface area (Å²) in [4.78, 5) is 34.9. The second-order valence-corrected chi connectivity index (χ2v) is 5.64. The molecule has 1 heterocycles. The molecule has 0 saturated carbocycles. The molecule has 0 spiro atoms. The van der Waals surface area contributed by atoms with Crippen molar-refractivity contribution >= 4 is 23.5 Å². The van der Waals surface area contributed by atoms with Gasteiger partial charge in [-0.25, -0.2) is 0 Å². The normalized spacial score (nSPS) is 16.8. The number of anilines is 1. The molecule has 1 aromatic rings. The van der Waals surface area contributed by atoms with Crippen LogP contribution in [0.4, 0.5) is 5.69 Å². The van der Waals surface area contributed by atoms with Crippen molar-refractivity contribution in [1.29, 1.82) is 0 Å². The van der Waals surface area contributed by atoms with Crippen LogP contribution in [-0.4, -0.2) is 57.2 Å². The van der Waals surface area contributed by atoms with Crippen molar-refractivity contribution in [2.45, 2.75) is 18.9 Å². The molecule has 0 bridgehead atoms. The molecule has 2 rings (SSSR count). The number of rotatable bonds is 7. The minimum atomic E-state index is -0.379. The average molecular weight is 349 g/mol. The molecule has 0 aromatic heterocycles. The lowest BCUT2D eigenvalue weighted by Crippen LogP contribution is -2.43. The third-order valence-electron chi connectivity index (χ3n) is 3.70. The minimum absolute atomic E-state index is 0.0219. The smallest absolute Gasteiger partial charge is 0.307 e. The summed E-state index contributed by atoms with van der Waals surface area (Å²) in [6.07, 6.45) is 0.449. The van der Waals surface area contributed by atoms with Crippen LogP contribution >= 0.6 is 0 Å². The van der Waals surface area contributed by atoms with Gasteiger partial charge in [0.1, 0.15) is 0 Å². The maximum Gasteiger partial charge on any atom is 0.307 e. The van der Waals surface area contributed by atoms with E-state index in [9.17, 15) is 14.4 Å². The van der Waals surface area contributed by atoms with E-state index in [2.05, 4.69) is 20.7 Å². The van der Waals surface area contributed by atoms with E-state index < -0.39 is 0 Å². The molecule has 1 aliphatic rings. The first-order valence-corrected chi connectivity index (χ1v) is 8.14. The van der Waals surface area contributed by atoms with Crippen molar-refractivity contribution in [1.82, 2.24) is 10.6 Å². The molecule has 25 heavy (non-hydrogen) atoms. The fraction of sp³-hybridized carbons (Fsp3) is 0.471. The molecule has 1 unspecified atom stereocenters. The molecule has 8 nitrogen and oxygen atoms in total. The number of methoxy groups -OCH3 is 1. The predicted molar refractivity (Wildman–Crippen MR) is 91.3 cm³/mol. The maximum absolute atomic E-state index is 12.0. The molecular weight excluding hydrogens is 326 g/mol. The second-order valence-electron chi connectivity index (χ2n) is 5.64. The van der Waals surface area contributed by atoms with Crippen LogP contribution in [0.2, 0.25) is 0 Å².